The van der Waals surface area contributed by atoms with Crippen molar-refractivity contribution in [1.82, 2.24) is 0 Å². The Hall–Kier alpha value is -1.28. The van der Waals surface area contributed by atoms with Crippen molar-refractivity contribution in [3.8, 4) is 5.75 Å². The maximum atomic E-state index is 12.7. The summed E-state index contributed by atoms with van der Waals surface area (Å²) in [6.07, 6.45) is 0.274. The Morgan fingerprint density at radius 1 is 0.950 bits per heavy atom. The Morgan fingerprint density at radius 2 is 1.50 bits per heavy atom. The van der Waals surface area contributed by atoms with Crippen LogP contribution in [0.1, 0.15) is 12.5 Å². The summed E-state index contributed by atoms with van der Waals surface area (Å²) in [6.45, 7) is 2.17. The van der Waals surface area contributed by atoms with Gasteiger partial charge in [0.05, 0.1) is 12.8 Å². The molecule has 0 amide bonds. The van der Waals surface area contributed by atoms with Gasteiger partial charge in [-0.3, -0.25) is 4.52 Å². The standard InChI is InChI=1S/C15H17O3P.ClH/c1-2-17-19(16,13-14-9-5-3-6-10-14)18-15-11-7-4-8-12-15;/h3-12H,2,13H2,1H3;1H. The van der Waals surface area contributed by atoms with Gasteiger partial charge in [-0.15, -0.1) is 12.4 Å². The predicted molar refractivity (Wildman–Crippen MR) is 83.7 cm³/mol. The summed E-state index contributed by atoms with van der Waals surface area (Å²) in [7, 11) is -3.16. The third-order valence-corrected chi connectivity index (χ3v) is 4.43. The summed E-state index contributed by atoms with van der Waals surface area (Å²) >= 11 is 0. The monoisotopic (exact) mass is 312 g/mol. The molecule has 0 aliphatic carbocycles. The van der Waals surface area contributed by atoms with Gasteiger partial charge in [0, 0.05) is 0 Å². The van der Waals surface area contributed by atoms with Gasteiger partial charge in [-0.2, -0.15) is 0 Å². The molecule has 0 fully saturated rings. The van der Waals surface area contributed by atoms with Gasteiger partial charge >= 0.3 is 7.60 Å². The smallest absolute Gasteiger partial charge is 0.383 e. The van der Waals surface area contributed by atoms with Crippen molar-refractivity contribution in [2.24, 2.45) is 0 Å². The molecule has 108 valence electrons. The van der Waals surface area contributed by atoms with Gasteiger partial charge in [0.25, 0.3) is 0 Å². The summed E-state index contributed by atoms with van der Waals surface area (Å²) < 4.78 is 23.7. The maximum Gasteiger partial charge on any atom is 0.383 e. The first-order valence-corrected chi connectivity index (χ1v) is 7.97. The second-order valence-electron chi connectivity index (χ2n) is 4.08. The highest BCUT2D eigenvalue weighted by Crippen LogP contribution is 2.51. The Balaban J connectivity index is 0.00000200. The van der Waals surface area contributed by atoms with E-state index in [1.807, 2.05) is 55.5 Å². The van der Waals surface area contributed by atoms with Crippen LogP contribution in [0.25, 0.3) is 0 Å². The van der Waals surface area contributed by atoms with Crippen LogP contribution < -0.4 is 4.52 Å². The molecule has 5 heteroatoms. The molecule has 0 aromatic heterocycles. The fourth-order valence-corrected chi connectivity index (χ4v) is 3.45. The first-order chi connectivity index (χ1) is 9.22. The van der Waals surface area contributed by atoms with E-state index < -0.39 is 7.60 Å². The van der Waals surface area contributed by atoms with Gasteiger partial charge in [-0.1, -0.05) is 48.5 Å². The minimum Gasteiger partial charge on any atom is -0.424 e. The average molecular weight is 313 g/mol. The predicted octanol–water partition coefficient (Wildman–Crippen LogP) is 4.92. The van der Waals surface area contributed by atoms with E-state index in [1.165, 1.54) is 0 Å². The average Bonchev–Trinajstić information content (AvgIpc) is 2.41. The van der Waals surface area contributed by atoms with E-state index in [4.69, 9.17) is 9.05 Å². The van der Waals surface area contributed by atoms with E-state index in [9.17, 15) is 4.57 Å². The van der Waals surface area contributed by atoms with Gasteiger partial charge < -0.3 is 4.52 Å². The van der Waals surface area contributed by atoms with Crippen LogP contribution in [0.4, 0.5) is 0 Å². The molecule has 2 aromatic rings. The second-order valence-corrected chi connectivity index (χ2v) is 6.06. The fraction of sp³-hybridized carbons (Fsp3) is 0.200. The van der Waals surface area contributed by atoms with E-state index in [0.717, 1.165) is 5.56 Å². The van der Waals surface area contributed by atoms with Crippen LogP contribution in [0.2, 0.25) is 0 Å². The largest absolute Gasteiger partial charge is 0.424 e. The molecule has 0 heterocycles. The van der Waals surface area contributed by atoms with Crippen molar-refractivity contribution in [3.05, 3.63) is 66.2 Å². The molecule has 0 N–H and O–H groups in total. The fourth-order valence-electron chi connectivity index (χ4n) is 1.75. The van der Waals surface area contributed by atoms with Crippen LogP contribution in [-0.4, -0.2) is 6.61 Å². The lowest BCUT2D eigenvalue weighted by Gasteiger charge is -2.18. The van der Waals surface area contributed by atoms with E-state index in [0.29, 0.717) is 12.4 Å². The van der Waals surface area contributed by atoms with E-state index in [1.54, 1.807) is 12.1 Å². The van der Waals surface area contributed by atoms with E-state index in [-0.39, 0.29) is 18.6 Å². The van der Waals surface area contributed by atoms with Crippen molar-refractivity contribution in [2.45, 2.75) is 13.1 Å². The zero-order valence-corrected chi connectivity index (χ0v) is 13.0. The molecule has 0 aliphatic heterocycles. The third kappa shape index (κ3) is 5.01. The quantitative estimate of drug-likeness (QED) is 0.710. The van der Waals surface area contributed by atoms with Gasteiger partial charge in [-0.25, -0.2) is 4.57 Å². The van der Waals surface area contributed by atoms with Gasteiger partial charge in [0.15, 0.2) is 0 Å². The van der Waals surface area contributed by atoms with Crippen LogP contribution in [0.15, 0.2) is 60.7 Å². The Labute approximate surface area is 125 Å². The summed E-state index contributed by atoms with van der Waals surface area (Å²) in [5.74, 6) is 0.565. The maximum absolute atomic E-state index is 12.7. The highest BCUT2D eigenvalue weighted by Gasteiger charge is 2.26. The first-order valence-electron chi connectivity index (χ1n) is 6.24. The van der Waals surface area contributed by atoms with Crippen LogP contribution in [0, 0.1) is 0 Å². The molecule has 2 rings (SSSR count). The SMILES string of the molecule is CCOP(=O)(Cc1ccccc1)Oc1ccccc1.Cl. The van der Waals surface area contributed by atoms with Crippen molar-refractivity contribution in [3.63, 3.8) is 0 Å². The number of para-hydroxylation sites is 1. The molecule has 20 heavy (non-hydrogen) atoms. The summed E-state index contributed by atoms with van der Waals surface area (Å²) in [5.41, 5.74) is 0.940. The second kappa shape index (κ2) is 8.11. The van der Waals surface area contributed by atoms with Crippen LogP contribution in [0.3, 0.4) is 0 Å². The lowest BCUT2D eigenvalue weighted by molar-refractivity contribution is 0.278. The van der Waals surface area contributed by atoms with Crippen LogP contribution in [0.5, 0.6) is 5.75 Å². The van der Waals surface area contributed by atoms with E-state index >= 15 is 0 Å². The van der Waals surface area contributed by atoms with E-state index in [2.05, 4.69) is 0 Å². The van der Waals surface area contributed by atoms with Gasteiger partial charge in [-0.05, 0) is 24.6 Å². The summed E-state index contributed by atoms with van der Waals surface area (Å²) in [5, 5.41) is 0. The summed E-state index contributed by atoms with van der Waals surface area (Å²) in [4.78, 5) is 0. The lowest BCUT2D eigenvalue weighted by atomic mass is 10.2. The number of benzene rings is 2. The minimum absolute atomic E-state index is 0. The number of halogens is 1. The molecule has 0 radical (unpaired) electrons. The van der Waals surface area contributed by atoms with Crippen molar-refractivity contribution in [2.75, 3.05) is 6.61 Å². The third-order valence-electron chi connectivity index (χ3n) is 2.53. The molecular weight excluding hydrogens is 295 g/mol. The van der Waals surface area contributed by atoms with Crippen LogP contribution in [-0.2, 0) is 15.3 Å². The Bertz CT molecular complexity index is 500. The highest BCUT2D eigenvalue weighted by molar-refractivity contribution is 7.53. The first kappa shape index (κ1) is 16.8. The Morgan fingerprint density at radius 3 is 2.05 bits per heavy atom. The normalized spacial score (nSPS) is 13.1. The molecule has 0 aliphatic rings. The zero-order valence-electron chi connectivity index (χ0n) is 11.3. The molecule has 0 bridgehead atoms. The van der Waals surface area contributed by atoms with Gasteiger partial charge in [0.2, 0.25) is 0 Å². The summed E-state index contributed by atoms with van der Waals surface area (Å²) in [6, 6.07) is 18.7. The molecular formula is C15H18ClO3P. The lowest BCUT2D eigenvalue weighted by Crippen LogP contribution is -2.01. The number of hydrogen-bond acceptors (Lipinski definition) is 3. The molecule has 0 saturated carbocycles. The zero-order chi connectivity index (χ0) is 13.6. The van der Waals surface area contributed by atoms with Crippen molar-refractivity contribution in [1.29, 1.82) is 0 Å². The van der Waals surface area contributed by atoms with Gasteiger partial charge in [0.1, 0.15) is 5.75 Å². The molecule has 1 atom stereocenters. The van der Waals surface area contributed by atoms with Crippen molar-refractivity contribution >= 4 is 20.0 Å². The number of rotatable bonds is 6. The highest BCUT2D eigenvalue weighted by atomic mass is 35.5. The molecule has 0 spiro atoms. The molecule has 0 saturated heterocycles. The van der Waals surface area contributed by atoms with Crippen molar-refractivity contribution < 1.29 is 13.6 Å². The topological polar surface area (TPSA) is 35.5 Å². The van der Waals surface area contributed by atoms with Crippen LogP contribution >= 0.6 is 20.0 Å². The molecule has 2 aromatic carbocycles. The molecule has 3 nitrogen and oxygen atoms in total. The molecule has 1 unspecified atom stereocenters. The minimum atomic E-state index is -3.16. The number of hydrogen-bond donors (Lipinski definition) is 0. The Kier molecular flexibility index (Phi) is 6.80.